The van der Waals surface area contributed by atoms with Gasteiger partial charge in [0.15, 0.2) is 0 Å². The van der Waals surface area contributed by atoms with E-state index in [1.807, 2.05) is 0 Å². The van der Waals surface area contributed by atoms with Gasteiger partial charge in [-0.3, -0.25) is 0 Å². The van der Waals surface area contributed by atoms with Crippen molar-refractivity contribution in [2.45, 2.75) is 65.6 Å². The lowest BCUT2D eigenvalue weighted by molar-refractivity contribution is -0.0331. The van der Waals surface area contributed by atoms with Crippen LogP contribution in [0.3, 0.4) is 0 Å². The van der Waals surface area contributed by atoms with E-state index in [1.165, 1.54) is 24.8 Å². The van der Waals surface area contributed by atoms with Crippen LogP contribution in [0.1, 0.15) is 53.4 Å². The van der Waals surface area contributed by atoms with Gasteiger partial charge in [0.2, 0.25) is 0 Å². The second-order valence-corrected chi connectivity index (χ2v) is 6.63. The molecule has 1 aliphatic carbocycles. The zero-order valence-electron chi connectivity index (χ0n) is 13.4. The highest BCUT2D eigenvalue weighted by molar-refractivity contribution is 5.02. The van der Waals surface area contributed by atoms with Crippen LogP contribution in [0.5, 0.6) is 0 Å². The molecule has 0 bridgehead atoms. The van der Waals surface area contributed by atoms with Crippen LogP contribution in [0.4, 0.5) is 0 Å². The first kappa shape index (κ1) is 16.7. The summed E-state index contributed by atoms with van der Waals surface area (Å²) in [6.45, 7) is 13.8. The monoisotopic (exact) mass is 268 g/mol. The molecule has 5 unspecified atom stereocenters. The molecule has 0 aliphatic heterocycles. The van der Waals surface area contributed by atoms with E-state index in [0.29, 0.717) is 24.0 Å². The highest BCUT2D eigenvalue weighted by atomic mass is 16.5. The van der Waals surface area contributed by atoms with E-state index in [1.54, 1.807) is 7.11 Å². The third kappa shape index (κ3) is 5.66. The maximum absolute atomic E-state index is 6.22. The number of ether oxygens (including phenoxy) is 2. The average Bonchev–Trinajstić information content (AvgIpc) is 2.35. The van der Waals surface area contributed by atoms with Gasteiger partial charge in [-0.25, -0.2) is 0 Å². The van der Waals surface area contributed by atoms with E-state index in [4.69, 9.17) is 9.47 Å². The van der Waals surface area contributed by atoms with E-state index in [0.717, 1.165) is 18.9 Å². The largest absolute Gasteiger partial charge is 0.382 e. The van der Waals surface area contributed by atoms with Crippen molar-refractivity contribution in [1.82, 2.24) is 0 Å². The molecule has 0 amide bonds. The topological polar surface area (TPSA) is 18.5 Å². The smallest absolute Gasteiger partial charge is 0.0642 e. The van der Waals surface area contributed by atoms with Crippen LogP contribution in [0.15, 0.2) is 12.2 Å². The Kier molecular flexibility index (Phi) is 7.09. The van der Waals surface area contributed by atoms with Crippen molar-refractivity contribution in [2.75, 3.05) is 13.7 Å². The van der Waals surface area contributed by atoms with E-state index in [2.05, 4.69) is 34.3 Å². The molecule has 0 aromatic carbocycles. The molecule has 0 aromatic rings. The summed E-state index contributed by atoms with van der Waals surface area (Å²) in [4.78, 5) is 0. The van der Waals surface area contributed by atoms with Crippen molar-refractivity contribution >= 4 is 0 Å². The maximum Gasteiger partial charge on any atom is 0.0642 e. The molecule has 0 radical (unpaired) electrons. The van der Waals surface area contributed by atoms with Crippen molar-refractivity contribution < 1.29 is 9.47 Å². The molecule has 0 N–H and O–H groups in total. The van der Waals surface area contributed by atoms with E-state index in [-0.39, 0.29) is 0 Å². The van der Waals surface area contributed by atoms with Crippen LogP contribution in [0.2, 0.25) is 0 Å². The molecule has 0 heterocycles. The van der Waals surface area contributed by atoms with E-state index < -0.39 is 0 Å². The third-order valence-electron chi connectivity index (χ3n) is 4.42. The Labute approximate surface area is 119 Å². The minimum Gasteiger partial charge on any atom is -0.382 e. The fraction of sp³-hybridized carbons (Fsp3) is 0.882. The summed E-state index contributed by atoms with van der Waals surface area (Å²) in [6.07, 6.45) is 5.50. The van der Waals surface area contributed by atoms with Crippen LogP contribution in [-0.4, -0.2) is 25.9 Å². The lowest BCUT2D eigenvalue weighted by Gasteiger charge is -2.36. The van der Waals surface area contributed by atoms with E-state index >= 15 is 0 Å². The molecule has 112 valence electrons. The van der Waals surface area contributed by atoms with Crippen LogP contribution in [0, 0.1) is 17.8 Å². The molecule has 0 spiro atoms. The zero-order valence-corrected chi connectivity index (χ0v) is 13.4. The highest BCUT2D eigenvalue weighted by Gasteiger charge is 2.30. The van der Waals surface area contributed by atoms with Crippen LogP contribution >= 0.6 is 0 Å². The summed E-state index contributed by atoms with van der Waals surface area (Å²) in [7, 11) is 1.78. The molecule has 19 heavy (non-hydrogen) atoms. The molecule has 5 atom stereocenters. The minimum absolute atomic E-state index is 0.320. The molecule has 1 aliphatic rings. The van der Waals surface area contributed by atoms with Crippen LogP contribution in [-0.2, 0) is 9.47 Å². The summed E-state index contributed by atoms with van der Waals surface area (Å²) in [5.74, 6) is 1.90. The summed E-state index contributed by atoms with van der Waals surface area (Å²) >= 11 is 0. The first-order valence-electron chi connectivity index (χ1n) is 7.73. The highest BCUT2D eigenvalue weighted by Crippen LogP contribution is 2.34. The molecule has 1 rings (SSSR count). The Morgan fingerprint density at radius 1 is 1.32 bits per heavy atom. The van der Waals surface area contributed by atoms with Crippen LogP contribution < -0.4 is 0 Å². The van der Waals surface area contributed by atoms with Gasteiger partial charge in [-0.2, -0.15) is 0 Å². The van der Waals surface area contributed by atoms with Gasteiger partial charge < -0.3 is 9.47 Å². The molecular weight excluding hydrogens is 236 g/mol. The van der Waals surface area contributed by atoms with Crippen molar-refractivity contribution in [3.63, 3.8) is 0 Å². The van der Waals surface area contributed by atoms with Gasteiger partial charge in [0.25, 0.3) is 0 Å². The molecule has 0 saturated heterocycles. The zero-order chi connectivity index (χ0) is 14.4. The Bertz CT molecular complexity index is 274. The molecule has 2 heteroatoms. The summed E-state index contributed by atoms with van der Waals surface area (Å²) < 4.78 is 11.5. The lowest BCUT2D eigenvalue weighted by atomic mass is 9.77. The third-order valence-corrected chi connectivity index (χ3v) is 4.42. The fourth-order valence-electron chi connectivity index (χ4n) is 3.10. The normalized spacial score (nSPS) is 30.9. The van der Waals surface area contributed by atoms with Crippen molar-refractivity contribution in [2.24, 2.45) is 17.8 Å². The molecule has 1 saturated carbocycles. The summed E-state index contributed by atoms with van der Waals surface area (Å²) in [5, 5.41) is 0. The van der Waals surface area contributed by atoms with E-state index in [9.17, 15) is 0 Å². The van der Waals surface area contributed by atoms with Crippen LogP contribution in [0.25, 0.3) is 0 Å². The van der Waals surface area contributed by atoms with Gasteiger partial charge >= 0.3 is 0 Å². The predicted octanol–water partition coefficient (Wildman–Crippen LogP) is 4.45. The minimum atomic E-state index is 0.320. The van der Waals surface area contributed by atoms with Gasteiger partial charge in [0.05, 0.1) is 12.2 Å². The van der Waals surface area contributed by atoms with Crippen molar-refractivity contribution in [3.8, 4) is 0 Å². The predicted molar refractivity (Wildman–Crippen MR) is 81.3 cm³/mol. The Morgan fingerprint density at radius 3 is 2.58 bits per heavy atom. The Balaban J connectivity index is 2.41. The standard InChI is InChI=1S/C17H32O2/c1-12(2)16-8-7-13(3)10-17(16)19-11-14(4)9-15(5)18-6/h13-17H,1,7-11H2,2-6H3. The van der Waals surface area contributed by atoms with Gasteiger partial charge in [0, 0.05) is 19.6 Å². The quantitative estimate of drug-likeness (QED) is 0.635. The second kappa shape index (κ2) is 8.06. The van der Waals surface area contributed by atoms with Crippen molar-refractivity contribution in [3.05, 3.63) is 12.2 Å². The molecule has 2 nitrogen and oxygen atoms in total. The molecule has 1 fully saturated rings. The first-order valence-corrected chi connectivity index (χ1v) is 7.73. The average molecular weight is 268 g/mol. The van der Waals surface area contributed by atoms with Gasteiger partial charge in [0.1, 0.15) is 0 Å². The van der Waals surface area contributed by atoms with Gasteiger partial charge in [-0.1, -0.05) is 26.0 Å². The second-order valence-electron chi connectivity index (χ2n) is 6.63. The first-order chi connectivity index (χ1) is 8.93. The molecule has 0 aromatic heterocycles. The Hall–Kier alpha value is -0.340. The summed E-state index contributed by atoms with van der Waals surface area (Å²) in [5.41, 5.74) is 1.29. The lowest BCUT2D eigenvalue weighted by Crippen LogP contribution is -2.33. The summed E-state index contributed by atoms with van der Waals surface area (Å²) in [6, 6.07) is 0. The fourth-order valence-corrected chi connectivity index (χ4v) is 3.10. The number of hydrogen-bond acceptors (Lipinski definition) is 2. The SMILES string of the molecule is C=C(C)C1CCC(C)CC1OCC(C)CC(C)OC. The number of methoxy groups -OCH3 is 1. The van der Waals surface area contributed by atoms with Gasteiger partial charge in [-0.15, -0.1) is 0 Å². The number of rotatable bonds is 7. The molecular formula is C17H32O2. The Morgan fingerprint density at radius 2 is 2.00 bits per heavy atom. The maximum atomic E-state index is 6.22. The van der Waals surface area contributed by atoms with Crippen molar-refractivity contribution in [1.29, 1.82) is 0 Å². The van der Waals surface area contributed by atoms with Gasteiger partial charge in [-0.05, 0) is 51.4 Å². The number of hydrogen-bond donors (Lipinski definition) is 0.